The van der Waals surface area contributed by atoms with Gasteiger partial charge < -0.3 is 10.1 Å². The maximum Gasteiger partial charge on any atom is 0.246 e. The number of methoxy groups -OCH3 is 1. The maximum atomic E-state index is 12.2. The molecule has 0 radical (unpaired) electrons. The third-order valence-electron chi connectivity index (χ3n) is 2.74. The summed E-state index contributed by atoms with van der Waals surface area (Å²) in [6, 6.07) is 5.12. The summed E-state index contributed by atoms with van der Waals surface area (Å²) in [5.41, 5.74) is 0.979. The molecular weight excluding hydrogens is 252 g/mol. The lowest BCUT2D eigenvalue weighted by atomic mass is 10.2. The van der Waals surface area contributed by atoms with Gasteiger partial charge in [-0.3, -0.25) is 0 Å². The Hall–Kier alpha value is -1.11. The fraction of sp³-hybridized carbons (Fsp3) is 0.500. The van der Waals surface area contributed by atoms with Crippen molar-refractivity contribution in [2.24, 2.45) is 0 Å². The minimum Gasteiger partial charge on any atom is -0.495 e. The first-order valence-electron chi connectivity index (χ1n) is 5.75. The first-order chi connectivity index (χ1) is 8.47. The Bertz CT molecular complexity index is 500. The smallest absolute Gasteiger partial charge is 0.246 e. The molecule has 0 saturated heterocycles. The highest BCUT2D eigenvalue weighted by Crippen LogP contribution is 2.27. The normalized spacial score (nSPS) is 11.8. The van der Waals surface area contributed by atoms with Gasteiger partial charge in [-0.2, -0.15) is 0 Å². The molecule has 0 aromatic heterocycles. The molecule has 18 heavy (non-hydrogen) atoms. The summed E-state index contributed by atoms with van der Waals surface area (Å²) in [6.45, 7) is 2.88. The van der Waals surface area contributed by atoms with Crippen LogP contribution in [0.1, 0.15) is 12.5 Å². The van der Waals surface area contributed by atoms with Crippen LogP contribution in [0, 0.1) is 0 Å². The van der Waals surface area contributed by atoms with Crippen molar-refractivity contribution in [1.29, 1.82) is 0 Å². The molecule has 0 heterocycles. The summed E-state index contributed by atoms with van der Waals surface area (Å²) in [5, 5.41) is 3.01. The Kier molecular flexibility index (Phi) is 5.13. The quantitative estimate of drug-likeness (QED) is 0.841. The molecule has 1 rings (SSSR count). The van der Waals surface area contributed by atoms with Crippen molar-refractivity contribution in [3.8, 4) is 5.75 Å². The van der Waals surface area contributed by atoms with Gasteiger partial charge in [0, 0.05) is 20.1 Å². The van der Waals surface area contributed by atoms with Crippen LogP contribution in [0.15, 0.2) is 23.1 Å². The summed E-state index contributed by atoms with van der Waals surface area (Å²) in [4.78, 5) is 0.203. The van der Waals surface area contributed by atoms with Gasteiger partial charge in [-0.15, -0.1) is 0 Å². The summed E-state index contributed by atoms with van der Waals surface area (Å²) in [6.07, 6.45) is 0. The zero-order chi connectivity index (χ0) is 13.8. The van der Waals surface area contributed by atoms with E-state index < -0.39 is 10.0 Å². The SMILES string of the molecule is CCN(C)S(=O)(=O)c1ccc(CNC)cc1OC. The number of nitrogens with one attached hydrogen (secondary N) is 1. The standard InChI is InChI=1S/C12H20N2O3S/c1-5-14(3)18(15,16)12-7-6-10(9-13-2)8-11(12)17-4/h6-8,13H,5,9H2,1-4H3. The fourth-order valence-electron chi connectivity index (χ4n) is 1.58. The third kappa shape index (κ3) is 3.01. The molecule has 0 atom stereocenters. The molecule has 6 heteroatoms. The van der Waals surface area contributed by atoms with E-state index in [4.69, 9.17) is 4.74 Å². The molecule has 5 nitrogen and oxygen atoms in total. The average Bonchev–Trinajstić information content (AvgIpc) is 2.37. The largest absolute Gasteiger partial charge is 0.495 e. The van der Waals surface area contributed by atoms with E-state index in [1.807, 2.05) is 7.05 Å². The number of hydrogen-bond donors (Lipinski definition) is 1. The first-order valence-corrected chi connectivity index (χ1v) is 7.19. The van der Waals surface area contributed by atoms with E-state index in [0.717, 1.165) is 5.56 Å². The van der Waals surface area contributed by atoms with Gasteiger partial charge in [0.25, 0.3) is 0 Å². The van der Waals surface area contributed by atoms with E-state index in [0.29, 0.717) is 18.8 Å². The van der Waals surface area contributed by atoms with Crippen LogP contribution in [0.25, 0.3) is 0 Å². The third-order valence-corrected chi connectivity index (χ3v) is 4.71. The first kappa shape index (κ1) is 14.9. The summed E-state index contributed by atoms with van der Waals surface area (Å²) < 4.78 is 31.0. The van der Waals surface area contributed by atoms with E-state index in [1.54, 1.807) is 32.2 Å². The van der Waals surface area contributed by atoms with Crippen LogP contribution in [-0.4, -0.2) is 40.5 Å². The maximum absolute atomic E-state index is 12.2. The molecule has 0 aliphatic rings. The van der Waals surface area contributed by atoms with Gasteiger partial charge in [0.1, 0.15) is 10.6 Å². The molecule has 102 valence electrons. The Labute approximate surface area is 109 Å². The molecule has 1 N–H and O–H groups in total. The number of nitrogens with zero attached hydrogens (tertiary/aromatic N) is 1. The van der Waals surface area contributed by atoms with Crippen LogP contribution in [-0.2, 0) is 16.6 Å². The molecule has 1 aromatic rings. The van der Waals surface area contributed by atoms with Crippen molar-refractivity contribution in [3.05, 3.63) is 23.8 Å². The molecule has 0 unspecified atom stereocenters. The zero-order valence-electron chi connectivity index (χ0n) is 11.2. The van der Waals surface area contributed by atoms with Crippen molar-refractivity contribution in [2.75, 3.05) is 27.7 Å². The van der Waals surface area contributed by atoms with Crippen LogP contribution in [0.2, 0.25) is 0 Å². The van der Waals surface area contributed by atoms with E-state index in [2.05, 4.69) is 5.32 Å². The highest BCUT2D eigenvalue weighted by molar-refractivity contribution is 7.89. The van der Waals surface area contributed by atoms with Crippen LogP contribution in [0.5, 0.6) is 5.75 Å². The predicted octanol–water partition coefficient (Wildman–Crippen LogP) is 1.05. The topological polar surface area (TPSA) is 58.6 Å². The lowest BCUT2D eigenvalue weighted by Crippen LogP contribution is -2.27. The molecule has 0 amide bonds. The van der Waals surface area contributed by atoms with Crippen LogP contribution < -0.4 is 10.1 Å². The lowest BCUT2D eigenvalue weighted by molar-refractivity contribution is 0.398. The van der Waals surface area contributed by atoms with Gasteiger partial charge >= 0.3 is 0 Å². The minimum absolute atomic E-state index is 0.203. The molecule has 1 aromatic carbocycles. The summed E-state index contributed by atoms with van der Waals surface area (Å²) in [7, 11) is 1.39. The van der Waals surface area contributed by atoms with Crippen molar-refractivity contribution in [2.45, 2.75) is 18.4 Å². The lowest BCUT2D eigenvalue weighted by Gasteiger charge is -2.17. The van der Waals surface area contributed by atoms with Gasteiger partial charge in [0.15, 0.2) is 0 Å². The highest BCUT2D eigenvalue weighted by Gasteiger charge is 2.23. The van der Waals surface area contributed by atoms with Gasteiger partial charge in [0.2, 0.25) is 10.0 Å². The van der Waals surface area contributed by atoms with E-state index in [-0.39, 0.29) is 4.90 Å². The molecule has 0 fully saturated rings. The molecular formula is C12H20N2O3S. The van der Waals surface area contributed by atoms with E-state index in [1.165, 1.54) is 11.4 Å². The Morgan fingerprint density at radius 2 is 2.06 bits per heavy atom. The Balaban J connectivity index is 3.25. The average molecular weight is 272 g/mol. The van der Waals surface area contributed by atoms with Crippen LogP contribution in [0.4, 0.5) is 0 Å². The van der Waals surface area contributed by atoms with Crippen molar-refractivity contribution in [3.63, 3.8) is 0 Å². The zero-order valence-corrected chi connectivity index (χ0v) is 12.0. The number of sulfonamides is 1. The monoisotopic (exact) mass is 272 g/mol. The predicted molar refractivity (Wildman–Crippen MR) is 71.2 cm³/mol. The fourth-order valence-corrected chi connectivity index (χ4v) is 2.89. The second kappa shape index (κ2) is 6.17. The van der Waals surface area contributed by atoms with Gasteiger partial charge in [-0.25, -0.2) is 12.7 Å². The Morgan fingerprint density at radius 3 is 2.56 bits per heavy atom. The van der Waals surface area contributed by atoms with Gasteiger partial charge in [0.05, 0.1) is 7.11 Å². The highest BCUT2D eigenvalue weighted by atomic mass is 32.2. The summed E-state index contributed by atoms with van der Waals surface area (Å²) >= 11 is 0. The number of benzene rings is 1. The summed E-state index contributed by atoms with van der Waals surface area (Å²) in [5.74, 6) is 0.378. The van der Waals surface area contributed by atoms with Crippen molar-refractivity contribution in [1.82, 2.24) is 9.62 Å². The molecule has 0 bridgehead atoms. The second-order valence-corrected chi connectivity index (χ2v) is 5.95. The van der Waals surface area contributed by atoms with Gasteiger partial charge in [-0.05, 0) is 24.7 Å². The van der Waals surface area contributed by atoms with E-state index in [9.17, 15) is 8.42 Å². The second-order valence-electron chi connectivity index (χ2n) is 3.93. The Morgan fingerprint density at radius 1 is 1.39 bits per heavy atom. The molecule has 0 saturated carbocycles. The number of hydrogen-bond acceptors (Lipinski definition) is 4. The van der Waals surface area contributed by atoms with Crippen molar-refractivity contribution >= 4 is 10.0 Å². The number of rotatable bonds is 6. The number of ether oxygens (including phenoxy) is 1. The van der Waals surface area contributed by atoms with Gasteiger partial charge in [-0.1, -0.05) is 13.0 Å². The molecule has 0 aliphatic carbocycles. The minimum atomic E-state index is -3.48. The van der Waals surface area contributed by atoms with Crippen molar-refractivity contribution < 1.29 is 13.2 Å². The van der Waals surface area contributed by atoms with Crippen LogP contribution in [0.3, 0.4) is 0 Å². The van der Waals surface area contributed by atoms with Crippen LogP contribution >= 0.6 is 0 Å². The molecule has 0 spiro atoms. The molecule has 0 aliphatic heterocycles. The van der Waals surface area contributed by atoms with E-state index >= 15 is 0 Å².